The maximum Gasteiger partial charge on any atom is 0.188 e. The molecule has 0 aliphatic heterocycles. The average molecular weight is 371 g/mol. The van der Waals surface area contributed by atoms with E-state index in [0.717, 1.165) is 12.1 Å². The molecule has 4 heteroatoms. The largest absolute Gasteiger partial charge is 1.00 e. The van der Waals surface area contributed by atoms with Crippen LogP contribution in [0.15, 0.2) is 54.9 Å². The fourth-order valence-electron chi connectivity index (χ4n) is 1.94. The Morgan fingerprint density at radius 2 is 1.68 bits per heavy atom. The Bertz CT molecular complexity index is 487. The summed E-state index contributed by atoms with van der Waals surface area (Å²) in [4.78, 5) is 0. The van der Waals surface area contributed by atoms with Crippen molar-refractivity contribution in [2.75, 3.05) is 14.2 Å². The van der Waals surface area contributed by atoms with Crippen molar-refractivity contribution in [1.29, 1.82) is 0 Å². The van der Waals surface area contributed by atoms with Gasteiger partial charge in [0.2, 0.25) is 0 Å². The maximum absolute atomic E-state index is 5.26. The molecule has 1 heterocycles. The molecule has 102 valence electrons. The highest BCUT2D eigenvalue weighted by molar-refractivity contribution is 5.13. The number of methoxy groups -OCH3 is 2. The van der Waals surface area contributed by atoms with Gasteiger partial charge in [-0.3, -0.25) is 0 Å². The molecule has 0 saturated carbocycles. The Kier molecular flexibility index (Phi) is 6.97. The normalized spacial score (nSPS) is 10.3. The molecule has 0 aliphatic rings. The summed E-state index contributed by atoms with van der Waals surface area (Å²) in [5.41, 5.74) is 2.28. The number of benzene rings is 1. The van der Waals surface area contributed by atoms with Gasteiger partial charge >= 0.3 is 0 Å². The lowest BCUT2D eigenvalue weighted by Crippen LogP contribution is -3.00. The molecule has 0 N–H and O–H groups in total. The van der Waals surface area contributed by atoms with E-state index in [2.05, 4.69) is 16.7 Å². The number of hydrogen-bond donors (Lipinski definition) is 0. The predicted octanol–water partition coefficient (Wildman–Crippen LogP) is -0.682. The number of hydrogen-bond acceptors (Lipinski definition) is 2. The van der Waals surface area contributed by atoms with Crippen molar-refractivity contribution in [1.82, 2.24) is 0 Å². The van der Waals surface area contributed by atoms with Gasteiger partial charge < -0.3 is 33.5 Å². The fraction of sp³-hybridized carbons (Fsp3) is 0.267. The van der Waals surface area contributed by atoms with Gasteiger partial charge in [0.1, 0.15) is 0 Å². The van der Waals surface area contributed by atoms with E-state index in [1.54, 1.807) is 14.2 Å². The van der Waals surface area contributed by atoms with Gasteiger partial charge in [-0.1, -0.05) is 30.3 Å². The topological polar surface area (TPSA) is 22.3 Å². The van der Waals surface area contributed by atoms with Crippen LogP contribution in [0.3, 0.4) is 0 Å². The van der Waals surface area contributed by atoms with Gasteiger partial charge in [0.05, 0.1) is 5.56 Å². The zero-order chi connectivity index (χ0) is 12.8. The molecule has 0 aliphatic carbocycles. The van der Waals surface area contributed by atoms with E-state index >= 15 is 0 Å². The maximum atomic E-state index is 5.26. The number of aromatic nitrogens is 1. The van der Waals surface area contributed by atoms with Crippen LogP contribution >= 0.6 is 0 Å². The van der Waals surface area contributed by atoms with Crippen LogP contribution < -0.4 is 28.5 Å². The Morgan fingerprint density at radius 3 is 2.32 bits per heavy atom. The van der Waals surface area contributed by atoms with Gasteiger partial charge in [-0.25, -0.2) is 4.57 Å². The third kappa shape index (κ3) is 4.56. The second-order valence-corrected chi connectivity index (χ2v) is 4.10. The van der Waals surface area contributed by atoms with E-state index in [-0.39, 0.29) is 30.3 Å². The molecular formula is C15H18INO2. The second kappa shape index (κ2) is 8.24. The van der Waals surface area contributed by atoms with E-state index < -0.39 is 0 Å². The Hall–Kier alpha value is -0.980. The van der Waals surface area contributed by atoms with E-state index in [4.69, 9.17) is 9.47 Å². The first kappa shape index (κ1) is 16.1. The highest BCUT2D eigenvalue weighted by atomic mass is 127. The highest BCUT2D eigenvalue weighted by Gasteiger charge is 2.13. The zero-order valence-electron chi connectivity index (χ0n) is 11.1. The van der Waals surface area contributed by atoms with Crippen molar-refractivity contribution in [3.63, 3.8) is 0 Å². The molecule has 19 heavy (non-hydrogen) atoms. The van der Waals surface area contributed by atoms with Crippen molar-refractivity contribution < 1.29 is 38.0 Å². The van der Waals surface area contributed by atoms with E-state index in [0.29, 0.717) is 0 Å². The average Bonchev–Trinajstić information content (AvgIpc) is 2.42. The first-order chi connectivity index (χ1) is 8.83. The Labute approximate surface area is 131 Å². The minimum absolute atomic E-state index is 0. The van der Waals surface area contributed by atoms with Gasteiger partial charge in [0.15, 0.2) is 25.2 Å². The van der Waals surface area contributed by atoms with Crippen molar-refractivity contribution >= 4 is 0 Å². The van der Waals surface area contributed by atoms with Gasteiger partial charge in [-0.15, -0.1) is 0 Å². The van der Waals surface area contributed by atoms with E-state index in [1.807, 2.05) is 42.7 Å². The molecule has 0 radical (unpaired) electrons. The van der Waals surface area contributed by atoms with Crippen LogP contribution in [-0.2, 0) is 16.0 Å². The van der Waals surface area contributed by atoms with Crippen LogP contribution in [0, 0.1) is 0 Å². The molecule has 0 amide bonds. The highest BCUT2D eigenvalue weighted by Crippen LogP contribution is 2.14. The van der Waals surface area contributed by atoms with Crippen LogP contribution in [-0.4, -0.2) is 14.2 Å². The number of rotatable bonds is 5. The molecule has 0 bridgehead atoms. The molecule has 0 saturated heterocycles. The molecule has 1 aromatic carbocycles. The van der Waals surface area contributed by atoms with Crippen molar-refractivity contribution in [3.05, 3.63) is 66.0 Å². The number of ether oxygens (including phenoxy) is 2. The van der Waals surface area contributed by atoms with Crippen LogP contribution in [0.2, 0.25) is 0 Å². The molecule has 2 rings (SSSR count). The van der Waals surface area contributed by atoms with Crippen molar-refractivity contribution in [3.8, 4) is 0 Å². The van der Waals surface area contributed by atoms with E-state index in [1.165, 1.54) is 5.56 Å². The lowest BCUT2D eigenvalue weighted by atomic mass is 10.2. The van der Waals surface area contributed by atoms with Gasteiger partial charge in [0, 0.05) is 25.8 Å². The van der Waals surface area contributed by atoms with Gasteiger partial charge in [-0.05, 0) is 6.07 Å². The molecule has 0 fully saturated rings. The number of nitrogens with zero attached hydrogens (tertiary/aromatic N) is 1. The predicted molar refractivity (Wildman–Crippen MR) is 68.9 cm³/mol. The van der Waals surface area contributed by atoms with Gasteiger partial charge in [0.25, 0.3) is 0 Å². The molecule has 2 aromatic rings. The van der Waals surface area contributed by atoms with Crippen molar-refractivity contribution in [2.45, 2.75) is 12.8 Å². The first-order valence-corrected chi connectivity index (χ1v) is 5.92. The monoisotopic (exact) mass is 371 g/mol. The second-order valence-electron chi connectivity index (χ2n) is 4.10. The molecule has 0 atom stereocenters. The van der Waals surface area contributed by atoms with Crippen LogP contribution in [0.1, 0.15) is 17.4 Å². The molecule has 0 unspecified atom stereocenters. The SMILES string of the molecule is COC(OC)c1ccc[n+](Cc2ccccc2)c1.[I-]. The van der Waals surface area contributed by atoms with Gasteiger partial charge in [-0.2, -0.15) is 0 Å². The third-order valence-electron chi connectivity index (χ3n) is 2.79. The molecular weight excluding hydrogens is 353 g/mol. The van der Waals surface area contributed by atoms with Crippen LogP contribution in [0.25, 0.3) is 0 Å². The third-order valence-corrected chi connectivity index (χ3v) is 2.79. The summed E-state index contributed by atoms with van der Waals surface area (Å²) in [7, 11) is 3.28. The fourth-order valence-corrected chi connectivity index (χ4v) is 1.94. The molecule has 3 nitrogen and oxygen atoms in total. The van der Waals surface area contributed by atoms with Crippen LogP contribution in [0.4, 0.5) is 0 Å². The Morgan fingerprint density at radius 1 is 1.00 bits per heavy atom. The number of pyridine rings is 1. The smallest absolute Gasteiger partial charge is 0.188 e. The lowest BCUT2D eigenvalue weighted by molar-refractivity contribution is -0.689. The zero-order valence-corrected chi connectivity index (χ0v) is 13.3. The minimum atomic E-state index is -0.312. The summed E-state index contributed by atoms with van der Waals surface area (Å²) in [5.74, 6) is 0. The van der Waals surface area contributed by atoms with E-state index in [9.17, 15) is 0 Å². The van der Waals surface area contributed by atoms with Crippen LogP contribution in [0.5, 0.6) is 0 Å². The summed E-state index contributed by atoms with van der Waals surface area (Å²) in [6.45, 7) is 0.842. The minimum Gasteiger partial charge on any atom is -1.00 e. The standard InChI is InChI=1S/C15H18NO2.HI/c1-17-15(18-2)14-9-6-10-16(12-14)11-13-7-4-3-5-8-13;/h3-10,12,15H,11H2,1-2H3;1H/q+1;/p-1. The first-order valence-electron chi connectivity index (χ1n) is 5.92. The summed E-state index contributed by atoms with van der Waals surface area (Å²) < 4.78 is 12.6. The molecule has 0 spiro atoms. The molecule has 1 aromatic heterocycles. The van der Waals surface area contributed by atoms with Crippen molar-refractivity contribution in [2.24, 2.45) is 0 Å². The number of halogens is 1. The summed E-state index contributed by atoms with van der Waals surface area (Å²) >= 11 is 0. The lowest BCUT2D eigenvalue weighted by Gasteiger charge is -2.11. The quantitative estimate of drug-likeness (QED) is 0.395. The Balaban J connectivity index is 0.00000180. The summed E-state index contributed by atoms with van der Waals surface area (Å²) in [6.07, 6.45) is 3.78. The summed E-state index contributed by atoms with van der Waals surface area (Å²) in [5, 5.41) is 0. The summed E-state index contributed by atoms with van der Waals surface area (Å²) in [6, 6.07) is 14.4.